The van der Waals surface area contributed by atoms with Gasteiger partial charge in [0, 0.05) is 12.6 Å². The molecule has 1 heterocycles. The van der Waals surface area contributed by atoms with Gasteiger partial charge in [-0.15, -0.1) is 6.42 Å². The molecule has 0 aromatic carbocycles. The molecule has 13 heavy (non-hydrogen) atoms. The predicted molar refractivity (Wildman–Crippen MR) is 56.6 cm³/mol. The third-order valence-corrected chi connectivity index (χ3v) is 2.50. The van der Waals surface area contributed by atoms with Gasteiger partial charge in [-0.2, -0.15) is 0 Å². The van der Waals surface area contributed by atoms with E-state index in [1.165, 1.54) is 25.8 Å². The summed E-state index contributed by atoms with van der Waals surface area (Å²) >= 11 is 0. The lowest BCUT2D eigenvalue weighted by Crippen LogP contribution is -2.38. The van der Waals surface area contributed by atoms with Gasteiger partial charge in [0.05, 0.1) is 6.54 Å². The van der Waals surface area contributed by atoms with Crippen LogP contribution >= 0.6 is 0 Å². The lowest BCUT2D eigenvalue weighted by Gasteiger charge is -2.22. The molecule has 0 radical (unpaired) electrons. The maximum absolute atomic E-state index is 5.32. The van der Waals surface area contributed by atoms with Gasteiger partial charge in [0.25, 0.3) is 0 Å². The first-order valence-corrected chi connectivity index (χ1v) is 5.26. The number of nitrogens with zero attached hydrogens (tertiary/aromatic N) is 1. The molecule has 1 rings (SSSR count). The molecule has 0 aliphatic carbocycles. The van der Waals surface area contributed by atoms with Crippen molar-refractivity contribution in [1.29, 1.82) is 0 Å². The van der Waals surface area contributed by atoms with E-state index in [1.807, 2.05) is 0 Å². The highest BCUT2D eigenvalue weighted by molar-refractivity contribution is 4.89. The molecule has 1 aliphatic heterocycles. The molecule has 0 bridgehead atoms. The van der Waals surface area contributed by atoms with Gasteiger partial charge in [0.2, 0.25) is 0 Å². The van der Waals surface area contributed by atoms with E-state index in [1.54, 1.807) is 0 Å². The van der Waals surface area contributed by atoms with Gasteiger partial charge in [0.15, 0.2) is 0 Å². The van der Waals surface area contributed by atoms with E-state index >= 15 is 0 Å². The van der Waals surface area contributed by atoms with Crippen LogP contribution in [0.3, 0.4) is 0 Å². The van der Waals surface area contributed by atoms with E-state index in [0.717, 1.165) is 19.6 Å². The van der Waals surface area contributed by atoms with Crippen LogP contribution in [0, 0.1) is 12.3 Å². The lowest BCUT2D eigenvalue weighted by molar-refractivity contribution is 0.278. The Hall–Kier alpha value is -0.520. The van der Waals surface area contributed by atoms with Crippen molar-refractivity contribution in [3.63, 3.8) is 0 Å². The number of nitrogens with one attached hydrogen (secondary N) is 1. The topological polar surface area (TPSA) is 15.3 Å². The van der Waals surface area contributed by atoms with E-state index in [4.69, 9.17) is 6.42 Å². The summed E-state index contributed by atoms with van der Waals surface area (Å²) in [5.74, 6) is 2.72. The zero-order valence-corrected chi connectivity index (χ0v) is 8.55. The maximum atomic E-state index is 5.32. The van der Waals surface area contributed by atoms with Gasteiger partial charge in [-0.05, 0) is 32.4 Å². The standard InChI is InChI=1S/C11H20N2/c1-3-8-13(9-4-2)10-11-6-5-7-12-11/h1,11-12H,4-10H2,2H3. The molecule has 1 N–H and O–H groups in total. The molecule has 0 aromatic heterocycles. The second-order valence-electron chi connectivity index (χ2n) is 3.73. The number of rotatable bonds is 5. The van der Waals surface area contributed by atoms with Gasteiger partial charge in [0.1, 0.15) is 0 Å². The second kappa shape index (κ2) is 6.01. The molecule has 0 amide bonds. The average Bonchev–Trinajstić information content (AvgIpc) is 2.58. The van der Waals surface area contributed by atoms with Crippen LogP contribution < -0.4 is 5.32 Å². The SMILES string of the molecule is C#CCN(CCC)CC1CCCN1. The average molecular weight is 180 g/mol. The maximum Gasteiger partial charge on any atom is 0.0599 e. The zero-order chi connectivity index (χ0) is 9.52. The van der Waals surface area contributed by atoms with Gasteiger partial charge >= 0.3 is 0 Å². The Balaban J connectivity index is 2.24. The molecule has 1 fully saturated rings. The third-order valence-electron chi connectivity index (χ3n) is 2.50. The van der Waals surface area contributed by atoms with Crippen molar-refractivity contribution in [2.24, 2.45) is 0 Å². The Morgan fingerprint density at radius 3 is 3.00 bits per heavy atom. The van der Waals surface area contributed by atoms with Crippen LogP contribution in [0.1, 0.15) is 26.2 Å². The van der Waals surface area contributed by atoms with Gasteiger partial charge in [-0.1, -0.05) is 12.8 Å². The Morgan fingerprint density at radius 1 is 1.62 bits per heavy atom. The van der Waals surface area contributed by atoms with Crippen LogP contribution in [0.25, 0.3) is 0 Å². The Morgan fingerprint density at radius 2 is 2.46 bits per heavy atom. The quantitative estimate of drug-likeness (QED) is 0.637. The van der Waals surface area contributed by atoms with E-state index < -0.39 is 0 Å². The van der Waals surface area contributed by atoms with Gasteiger partial charge in [-0.3, -0.25) is 4.90 Å². The van der Waals surface area contributed by atoms with Crippen molar-refractivity contribution in [1.82, 2.24) is 10.2 Å². The highest BCUT2D eigenvalue weighted by Gasteiger charge is 2.16. The summed E-state index contributed by atoms with van der Waals surface area (Å²) in [4.78, 5) is 2.36. The van der Waals surface area contributed by atoms with Crippen LogP contribution in [0.4, 0.5) is 0 Å². The molecule has 1 unspecified atom stereocenters. The van der Waals surface area contributed by atoms with Gasteiger partial charge < -0.3 is 5.32 Å². The summed E-state index contributed by atoms with van der Waals surface area (Å²) in [5, 5.41) is 3.49. The summed E-state index contributed by atoms with van der Waals surface area (Å²) in [6, 6.07) is 0.680. The molecule has 2 heteroatoms. The first kappa shape index (κ1) is 10.6. The second-order valence-corrected chi connectivity index (χ2v) is 3.73. The third kappa shape index (κ3) is 3.80. The number of terminal acetylenes is 1. The number of hydrogen-bond acceptors (Lipinski definition) is 2. The summed E-state index contributed by atoms with van der Waals surface area (Å²) < 4.78 is 0. The molecule has 2 nitrogen and oxygen atoms in total. The van der Waals surface area contributed by atoms with Crippen molar-refractivity contribution in [3.8, 4) is 12.3 Å². The predicted octanol–water partition coefficient (Wildman–Crippen LogP) is 1.08. The summed E-state index contributed by atoms with van der Waals surface area (Å²) in [6.07, 6.45) is 9.14. The fraction of sp³-hybridized carbons (Fsp3) is 0.818. The summed E-state index contributed by atoms with van der Waals surface area (Å²) in [5.41, 5.74) is 0. The van der Waals surface area contributed by atoms with Crippen LogP contribution in [-0.4, -0.2) is 37.1 Å². The van der Waals surface area contributed by atoms with E-state index in [2.05, 4.69) is 23.1 Å². The smallest absolute Gasteiger partial charge is 0.0599 e. The molecule has 0 saturated carbocycles. The first-order valence-electron chi connectivity index (χ1n) is 5.26. The molecular formula is C11H20N2. The fourth-order valence-corrected chi connectivity index (χ4v) is 1.90. The van der Waals surface area contributed by atoms with Crippen molar-refractivity contribution < 1.29 is 0 Å². The van der Waals surface area contributed by atoms with E-state index in [0.29, 0.717) is 6.04 Å². The lowest BCUT2D eigenvalue weighted by atomic mass is 10.2. The Bertz CT molecular complexity index is 165. The van der Waals surface area contributed by atoms with E-state index in [9.17, 15) is 0 Å². The summed E-state index contributed by atoms with van der Waals surface area (Å²) in [6.45, 7) is 6.43. The Labute approximate surface area is 81.7 Å². The van der Waals surface area contributed by atoms with Crippen LogP contribution in [-0.2, 0) is 0 Å². The summed E-state index contributed by atoms with van der Waals surface area (Å²) in [7, 11) is 0. The minimum absolute atomic E-state index is 0.680. The molecule has 74 valence electrons. The van der Waals surface area contributed by atoms with Gasteiger partial charge in [-0.25, -0.2) is 0 Å². The van der Waals surface area contributed by atoms with Crippen LogP contribution in [0.15, 0.2) is 0 Å². The largest absolute Gasteiger partial charge is 0.313 e. The molecule has 0 aromatic rings. The zero-order valence-electron chi connectivity index (χ0n) is 8.55. The van der Waals surface area contributed by atoms with Crippen molar-refractivity contribution >= 4 is 0 Å². The monoisotopic (exact) mass is 180 g/mol. The minimum Gasteiger partial charge on any atom is -0.313 e. The minimum atomic E-state index is 0.680. The molecule has 1 atom stereocenters. The van der Waals surface area contributed by atoms with Crippen molar-refractivity contribution in [2.75, 3.05) is 26.2 Å². The van der Waals surface area contributed by atoms with Crippen LogP contribution in [0.5, 0.6) is 0 Å². The van der Waals surface area contributed by atoms with Crippen molar-refractivity contribution in [3.05, 3.63) is 0 Å². The van der Waals surface area contributed by atoms with E-state index in [-0.39, 0.29) is 0 Å². The number of hydrogen-bond donors (Lipinski definition) is 1. The molecule has 1 saturated heterocycles. The highest BCUT2D eigenvalue weighted by Crippen LogP contribution is 2.06. The first-order chi connectivity index (χ1) is 6.36. The molecule has 0 spiro atoms. The molecular weight excluding hydrogens is 160 g/mol. The fourth-order valence-electron chi connectivity index (χ4n) is 1.90. The molecule has 1 aliphatic rings. The van der Waals surface area contributed by atoms with Crippen molar-refractivity contribution in [2.45, 2.75) is 32.2 Å². The highest BCUT2D eigenvalue weighted by atomic mass is 15.1. The van der Waals surface area contributed by atoms with Crippen LogP contribution in [0.2, 0.25) is 0 Å². The Kier molecular flexibility index (Phi) is 4.88. The normalized spacial score (nSPS) is 22.1.